The minimum atomic E-state index is -0.474. The van der Waals surface area contributed by atoms with Gasteiger partial charge >= 0.3 is 5.97 Å². The van der Waals surface area contributed by atoms with Gasteiger partial charge in [-0.25, -0.2) is 9.18 Å². The van der Waals surface area contributed by atoms with Gasteiger partial charge in [0.1, 0.15) is 10.8 Å². The first kappa shape index (κ1) is 17.6. The highest BCUT2D eigenvalue weighted by Gasteiger charge is 2.29. The molecule has 1 unspecified atom stereocenters. The molecule has 2 aromatic rings. The van der Waals surface area contributed by atoms with Crippen LogP contribution in [0.25, 0.3) is 0 Å². The van der Waals surface area contributed by atoms with Crippen LogP contribution in [0.3, 0.4) is 0 Å². The van der Waals surface area contributed by atoms with Gasteiger partial charge in [0, 0.05) is 10.4 Å². The first-order valence-electron chi connectivity index (χ1n) is 8.38. The second-order valence-corrected chi connectivity index (χ2v) is 7.35. The Hall–Kier alpha value is -2.21. The number of thiophene rings is 1. The van der Waals surface area contributed by atoms with Crippen LogP contribution < -0.4 is 5.32 Å². The van der Waals surface area contributed by atoms with E-state index in [1.165, 1.54) is 35.6 Å². The summed E-state index contributed by atoms with van der Waals surface area (Å²) >= 11 is 1.42. The number of ether oxygens (including phenoxy) is 1. The van der Waals surface area contributed by atoms with Crippen molar-refractivity contribution in [2.45, 2.75) is 33.1 Å². The second kappa shape index (κ2) is 7.35. The van der Waals surface area contributed by atoms with E-state index in [1.807, 2.05) is 0 Å². The molecule has 0 fully saturated rings. The summed E-state index contributed by atoms with van der Waals surface area (Å²) in [6, 6.07) is 5.48. The van der Waals surface area contributed by atoms with Crippen LogP contribution in [0.1, 0.15) is 51.4 Å². The molecule has 1 heterocycles. The van der Waals surface area contributed by atoms with E-state index in [4.69, 9.17) is 4.74 Å². The maximum Gasteiger partial charge on any atom is 0.341 e. The number of amides is 1. The third-order valence-corrected chi connectivity index (χ3v) is 5.51. The molecule has 3 rings (SSSR count). The van der Waals surface area contributed by atoms with E-state index in [2.05, 4.69) is 12.2 Å². The zero-order valence-electron chi connectivity index (χ0n) is 14.2. The fourth-order valence-corrected chi connectivity index (χ4v) is 4.30. The molecule has 1 aliphatic carbocycles. The maximum absolute atomic E-state index is 13.4. The third-order valence-electron chi connectivity index (χ3n) is 4.30. The molecule has 6 heteroatoms. The number of aryl methyl sites for hydroxylation is 1. The van der Waals surface area contributed by atoms with Crippen LogP contribution in [0.2, 0.25) is 0 Å². The normalized spacial score (nSPS) is 16.2. The molecule has 1 aliphatic rings. The van der Waals surface area contributed by atoms with E-state index in [0.717, 1.165) is 29.7 Å². The van der Waals surface area contributed by atoms with Gasteiger partial charge in [0.05, 0.1) is 12.2 Å². The van der Waals surface area contributed by atoms with Gasteiger partial charge in [-0.3, -0.25) is 4.79 Å². The molecule has 132 valence electrons. The molecule has 1 N–H and O–H groups in total. The van der Waals surface area contributed by atoms with Crippen molar-refractivity contribution in [1.29, 1.82) is 0 Å². The predicted octanol–water partition coefficient (Wildman–Crippen LogP) is 4.44. The maximum atomic E-state index is 13.4. The third kappa shape index (κ3) is 3.74. The minimum absolute atomic E-state index is 0.217. The lowest BCUT2D eigenvalue weighted by atomic mass is 9.88. The van der Waals surface area contributed by atoms with E-state index >= 15 is 0 Å². The zero-order chi connectivity index (χ0) is 18.0. The van der Waals surface area contributed by atoms with Crippen LogP contribution in [0.5, 0.6) is 0 Å². The Morgan fingerprint density at radius 1 is 1.40 bits per heavy atom. The standard InChI is InChI=1S/C19H20FNO3S/c1-3-24-19(23)16-14-9-11(2)7-8-15(14)25-18(16)21-17(22)12-5-4-6-13(20)10-12/h4-6,10-11H,3,7-9H2,1-2H3,(H,21,22). The Bertz CT molecular complexity index is 815. The number of hydrogen-bond donors (Lipinski definition) is 1. The molecule has 0 saturated heterocycles. The van der Waals surface area contributed by atoms with Crippen LogP contribution in [0, 0.1) is 11.7 Å². The largest absolute Gasteiger partial charge is 0.462 e. The zero-order valence-corrected chi connectivity index (χ0v) is 15.0. The summed E-state index contributed by atoms with van der Waals surface area (Å²) in [5.74, 6) is -0.833. The highest BCUT2D eigenvalue weighted by Crippen LogP contribution is 2.40. The van der Waals surface area contributed by atoms with Gasteiger partial charge in [-0.15, -0.1) is 11.3 Å². The first-order chi connectivity index (χ1) is 12.0. The Morgan fingerprint density at radius 2 is 2.20 bits per heavy atom. The van der Waals surface area contributed by atoms with Crippen molar-refractivity contribution in [2.24, 2.45) is 5.92 Å². The van der Waals surface area contributed by atoms with Crippen LogP contribution >= 0.6 is 11.3 Å². The molecule has 0 bridgehead atoms. The highest BCUT2D eigenvalue weighted by molar-refractivity contribution is 7.17. The van der Waals surface area contributed by atoms with Crippen molar-refractivity contribution in [3.63, 3.8) is 0 Å². The summed E-state index contributed by atoms with van der Waals surface area (Å²) in [7, 11) is 0. The lowest BCUT2D eigenvalue weighted by Crippen LogP contribution is -2.17. The SMILES string of the molecule is CCOC(=O)c1c(NC(=O)c2cccc(F)c2)sc2c1CC(C)CC2. The summed E-state index contributed by atoms with van der Waals surface area (Å²) in [5.41, 5.74) is 1.66. The van der Waals surface area contributed by atoms with E-state index in [1.54, 1.807) is 6.92 Å². The van der Waals surface area contributed by atoms with Gasteiger partial charge in [-0.2, -0.15) is 0 Å². The molecule has 1 amide bonds. The van der Waals surface area contributed by atoms with Crippen molar-refractivity contribution in [3.05, 3.63) is 51.7 Å². The second-order valence-electron chi connectivity index (χ2n) is 6.24. The van der Waals surface area contributed by atoms with E-state index in [9.17, 15) is 14.0 Å². The van der Waals surface area contributed by atoms with Gasteiger partial charge in [0.25, 0.3) is 5.91 Å². The number of anilines is 1. The number of fused-ring (bicyclic) bond motifs is 1. The molecule has 1 aromatic heterocycles. The van der Waals surface area contributed by atoms with E-state index in [-0.39, 0.29) is 12.2 Å². The minimum Gasteiger partial charge on any atom is -0.462 e. The summed E-state index contributed by atoms with van der Waals surface area (Å²) in [6.45, 7) is 4.18. The van der Waals surface area contributed by atoms with Crippen LogP contribution in [0.4, 0.5) is 9.39 Å². The number of carbonyl (C=O) groups excluding carboxylic acids is 2. The summed E-state index contributed by atoms with van der Waals surface area (Å²) in [5, 5.41) is 3.27. The van der Waals surface area contributed by atoms with Gasteiger partial charge < -0.3 is 10.1 Å². The molecule has 0 radical (unpaired) electrons. The molecule has 0 saturated carbocycles. The highest BCUT2D eigenvalue weighted by atomic mass is 32.1. The van der Waals surface area contributed by atoms with Crippen LogP contribution in [0.15, 0.2) is 24.3 Å². The van der Waals surface area contributed by atoms with E-state index in [0.29, 0.717) is 16.5 Å². The monoisotopic (exact) mass is 361 g/mol. The number of halogens is 1. The smallest absolute Gasteiger partial charge is 0.341 e. The number of rotatable bonds is 4. The van der Waals surface area contributed by atoms with Crippen LogP contribution in [-0.2, 0) is 17.6 Å². The fourth-order valence-electron chi connectivity index (χ4n) is 3.07. The topological polar surface area (TPSA) is 55.4 Å². The molecule has 4 nitrogen and oxygen atoms in total. The fraction of sp³-hybridized carbons (Fsp3) is 0.368. The lowest BCUT2D eigenvalue weighted by molar-refractivity contribution is 0.0526. The van der Waals surface area contributed by atoms with Crippen molar-refractivity contribution in [2.75, 3.05) is 11.9 Å². The molecule has 0 aliphatic heterocycles. The summed E-state index contributed by atoms with van der Waals surface area (Å²) < 4.78 is 18.5. The molecular weight excluding hydrogens is 341 g/mol. The van der Waals surface area contributed by atoms with Crippen molar-refractivity contribution >= 4 is 28.2 Å². The Morgan fingerprint density at radius 3 is 2.92 bits per heavy atom. The average molecular weight is 361 g/mol. The Balaban J connectivity index is 1.95. The van der Waals surface area contributed by atoms with Crippen molar-refractivity contribution in [3.8, 4) is 0 Å². The molecule has 0 spiro atoms. The molecule has 1 aromatic carbocycles. The molecule has 25 heavy (non-hydrogen) atoms. The Kier molecular flexibility index (Phi) is 5.18. The number of benzene rings is 1. The van der Waals surface area contributed by atoms with Crippen molar-refractivity contribution < 1.29 is 18.7 Å². The first-order valence-corrected chi connectivity index (χ1v) is 9.19. The quantitative estimate of drug-likeness (QED) is 0.819. The van der Waals surface area contributed by atoms with Gasteiger partial charge in [-0.05, 0) is 55.9 Å². The summed E-state index contributed by atoms with van der Waals surface area (Å²) in [4.78, 5) is 26.0. The van der Waals surface area contributed by atoms with Crippen molar-refractivity contribution in [1.82, 2.24) is 0 Å². The van der Waals surface area contributed by atoms with Gasteiger partial charge in [0.2, 0.25) is 0 Å². The number of hydrogen-bond acceptors (Lipinski definition) is 4. The summed E-state index contributed by atoms with van der Waals surface area (Å²) in [6.07, 6.45) is 2.76. The van der Waals surface area contributed by atoms with Gasteiger partial charge in [0.15, 0.2) is 0 Å². The molecule has 1 atom stereocenters. The van der Waals surface area contributed by atoms with Gasteiger partial charge in [-0.1, -0.05) is 13.0 Å². The number of nitrogens with one attached hydrogen (secondary N) is 1. The lowest BCUT2D eigenvalue weighted by Gasteiger charge is -2.18. The van der Waals surface area contributed by atoms with Crippen LogP contribution in [-0.4, -0.2) is 18.5 Å². The molecular formula is C19H20FNO3S. The average Bonchev–Trinajstić information content (AvgIpc) is 2.92. The predicted molar refractivity (Wildman–Crippen MR) is 95.8 cm³/mol. The Labute approximate surface area is 150 Å². The number of carbonyl (C=O) groups is 2. The number of esters is 1. The van der Waals surface area contributed by atoms with E-state index < -0.39 is 17.7 Å².